The Bertz CT molecular complexity index is 1380. The van der Waals surface area contributed by atoms with E-state index in [1.54, 1.807) is 4.90 Å². The summed E-state index contributed by atoms with van der Waals surface area (Å²) in [6.45, 7) is 1.16. The summed E-state index contributed by atoms with van der Waals surface area (Å²) in [5, 5.41) is 9.29. The summed E-state index contributed by atoms with van der Waals surface area (Å²) in [7, 11) is 1.40. The quantitative estimate of drug-likeness (QED) is 0.461. The van der Waals surface area contributed by atoms with Crippen LogP contribution in [0, 0.1) is 18.7 Å². The second kappa shape index (κ2) is 9.40. The standard InChI is InChI=1S/C24H24F4N6O4/c1-12-31-18(20(38-12)24(26,27)28)11-30-21(35)13-3-6-34(23(9-13)4-5-23)22(36)17-8-16(32-33-17)14-7-19(37-2)29-10-15(14)25/h7-8,10,13H,3-6,9,11H2,1-2H3,(H,30,35)(H,32,33)/t13-/m0/s1. The number of hydrogen-bond acceptors (Lipinski definition) is 7. The van der Waals surface area contributed by atoms with Gasteiger partial charge in [0.25, 0.3) is 5.91 Å². The molecule has 2 N–H and O–H groups in total. The Morgan fingerprint density at radius 1 is 1.32 bits per heavy atom. The third-order valence-corrected chi connectivity index (χ3v) is 6.96. The van der Waals surface area contributed by atoms with Gasteiger partial charge in [0, 0.05) is 36.6 Å². The topological polar surface area (TPSA) is 126 Å². The van der Waals surface area contributed by atoms with Crippen molar-refractivity contribution in [3.05, 3.63) is 47.2 Å². The lowest BCUT2D eigenvalue weighted by Gasteiger charge is -2.39. The highest BCUT2D eigenvalue weighted by Crippen LogP contribution is 2.50. The average molecular weight is 536 g/mol. The van der Waals surface area contributed by atoms with Crippen molar-refractivity contribution >= 4 is 11.8 Å². The molecule has 1 aliphatic carbocycles. The maximum absolute atomic E-state index is 14.3. The Labute approximate surface area is 213 Å². The summed E-state index contributed by atoms with van der Waals surface area (Å²) < 4.78 is 63.4. The highest BCUT2D eigenvalue weighted by atomic mass is 19.4. The number of nitrogens with zero attached hydrogens (tertiary/aromatic N) is 4. The molecule has 0 aromatic carbocycles. The van der Waals surface area contributed by atoms with Gasteiger partial charge in [-0.25, -0.2) is 14.4 Å². The van der Waals surface area contributed by atoms with Crippen molar-refractivity contribution in [1.29, 1.82) is 0 Å². The Morgan fingerprint density at radius 3 is 2.76 bits per heavy atom. The maximum atomic E-state index is 14.3. The van der Waals surface area contributed by atoms with Crippen molar-refractivity contribution in [3.63, 3.8) is 0 Å². The first kappa shape index (κ1) is 25.7. The molecule has 1 saturated heterocycles. The zero-order chi connectivity index (χ0) is 27.2. The minimum Gasteiger partial charge on any atom is -0.481 e. The number of hydrogen-bond donors (Lipinski definition) is 2. The van der Waals surface area contributed by atoms with E-state index in [0.29, 0.717) is 25.7 Å². The van der Waals surface area contributed by atoms with Crippen molar-refractivity contribution in [1.82, 2.24) is 30.4 Å². The van der Waals surface area contributed by atoms with Gasteiger partial charge in [-0.2, -0.15) is 18.3 Å². The number of piperidine rings is 1. The number of aryl methyl sites for hydroxylation is 1. The van der Waals surface area contributed by atoms with E-state index in [2.05, 4.69) is 29.9 Å². The molecule has 38 heavy (non-hydrogen) atoms. The molecular formula is C24H24F4N6O4. The normalized spacial score (nSPS) is 18.5. The SMILES string of the molecule is COc1cc(-c2cc(C(=O)N3CC[C@H](C(=O)NCc4nc(C)oc4C(F)(F)F)CC34CC4)n[nH]2)c(F)cn1. The van der Waals surface area contributed by atoms with Gasteiger partial charge in [0.05, 0.1) is 25.5 Å². The number of likely N-dealkylation sites (tertiary alicyclic amines) is 1. The van der Waals surface area contributed by atoms with E-state index < -0.39 is 41.7 Å². The van der Waals surface area contributed by atoms with Crippen LogP contribution in [0.2, 0.25) is 0 Å². The third-order valence-electron chi connectivity index (χ3n) is 6.96. The zero-order valence-corrected chi connectivity index (χ0v) is 20.5. The molecular weight excluding hydrogens is 512 g/mol. The molecule has 3 aromatic heterocycles. The first-order chi connectivity index (χ1) is 18.0. The molecule has 0 radical (unpaired) electrons. The van der Waals surface area contributed by atoms with Crippen LogP contribution in [0.4, 0.5) is 17.6 Å². The summed E-state index contributed by atoms with van der Waals surface area (Å²) in [5.41, 5.74) is -0.369. The van der Waals surface area contributed by atoms with Crippen LogP contribution in [0.15, 0.2) is 22.7 Å². The summed E-state index contributed by atoms with van der Waals surface area (Å²) in [5.74, 6) is -3.00. The largest absolute Gasteiger partial charge is 0.481 e. The number of methoxy groups -OCH3 is 1. The van der Waals surface area contributed by atoms with Crippen LogP contribution >= 0.6 is 0 Å². The number of ether oxygens (including phenoxy) is 1. The van der Waals surface area contributed by atoms with Gasteiger partial charge < -0.3 is 19.4 Å². The molecule has 4 heterocycles. The first-order valence-electron chi connectivity index (χ1n) is 11.9. The summed E-state index contributed by atoms with van der Waals surface area (Å²) in [4.78, 5) is 35.4. The van der Waals surface area contributed by atoms with Crippen molar-refractivity contribution in [2.75, 3.05) is 13.7 Å². The fraction of sp³-hybridized carbons (Fsp3) is 0.458. The van der Waals surface area contributed by atoms with Crippen molar-refractivity contribution in [3.8, 4) is 17.1 Å². The molecule has 1 saturated carbocycles. The number of nitrogens with one attached hydrogen (secondary N) is 2. The van der Waals surface area contributed by atoms with Gasteiger partial charge >= 0.3 is 6.18 Å². The monoisotopic (exact) mass is 536 g/mol. The summed E-state index contributed by atoms with van der Waals surface area (Å²) >= 11 is 0. The van der Waals surface area contributed by atoms with Gasteiger partial charge in [0.1, 0.15) is 5.69 Å². The lowest BCUT2D eigenvalue weighted by atomic mass is 9.88. The van der Waals surface area contributed by atoms with Gasteiger partial charge in [-0.15, -0.1) is 0 Å². The predicted octanol–water partition coefficient (Wildman–Crippen LogP) is 3.64. The molecule has 1 aliphatic heterocycles. The van der Waals surface area contributed by atoms with E-state index in [9.17, 15) is 27.2 Å². The number of rotatable bonds is 6. The Balaban J connectivity index is 1.24. The number of pyridine rings is 1. The molecule has 0 unspecified atom stereocenters. The lowest BCUT2D eigenvalue weighted by molar-refractivity contribution is -0.154. The third kappa shape index (κ3) is 4.82. The number of amides is 2. The number of carbonyl (C=O) groups is 2. The summed E-state index contributed by atoms with van der Waals surface area (Å²) in [6.07, 6.45) is -1.61. The molecule has 2 fully saturated rings. The smallest absolute Gasteiger partial charge is 0.451 e. The Kier molecular flexibility index (Phi) is 6.35. The number of carbonyl (C=O) groups excluding carboxylic acids is 2. The van der Waals surface area contributed by atoms with Gasteiger partial charge in [0.15, 0.2) is 17.4 Å². The van der Waals surface area contributed by atoms with E-state index in [4.69, 9.17) is 4.74 Å². The fourth-order valence-corrected chi connectivity index (χ4v) is 4.92. The second-order valence-electron chi connectivity index (χ2n) is 9.47. The van der Waals surface area contributed by atoms with Gasteiger partial charge in [0.2, 0.25) is 17.5 Å². The van der Waals surface area contributed by atoms with E-state index >= 15 is 0 Å². The van der Waals surface area contributed by atoms with Crippen LogP contribution in [-0.4, -0.2) is 56.1 Å². The minimum atomic E-state index is -4.72. The van der Waals surface area contributed by atoms with E-state index in [0.717, 1.165) is 6.20 Å². The van der Waals surface area contributed by atoms with E-state index in [1.807, 2.05) is 0 Å². The molecule has 2 amide bonds. The molecule has 14 heteroatoms. The minimum absolute atomic E-state index is 0.102. The molecule has 1 atom stereocenters. The molecule has 0 bridgehead atoms. The van der Waals surface area contributed by atoms with Crippen LogP contribution in [0.1, 0.15) is 53.5 Å². The van der Waals surface area contributed by atoms with Gasteiger partial charge in [-0.3, -0.25) is 14.7 Å². The van der Waals surface area contributed by atoms with Crippen LogP contribution in [0.5, 0.6) is 5.88 Å². The Hall–Kier alpha value is -3.97. The number of halogens is 4. The van der Waals surface area contributed by atoms with Crippen LogP contribution in [0.3, 0.4) is 0 Å². The molecule has 202 valence electrons. The van der Waals surface area contributed by atoms with Crippen LogP contribution < -0.4 is 10.1 Å². The highest BCUT2D eigenvalue weighted by molar-refractivity contribution is 5.94. The molecule has 3 aromatic rings. The maximum Gasteiger partial charge on any atom is 0.451 e. The number of oxazole rings is 1. The molecule has 1 spiro atoms. The lowest BCUT2D eigenvalue weighted by Crippen LogP contribution is -2.50. The van der Waals surface area contributed by atoms with Crippen molar-refractivity contribution in [2.45, 2.75) is 50.9 Å². The van der Waals surface area contributed by atoms with Gasteiger partial charge in [-0.05, 0) is 31.7 Å². The zero-order valence-electron chi connectivity index (χ0n) is 20.5. The molecule has 2 aliphatic rings. The van der Waals surface area contributed by atoms with Crippen LogP contribution in [-0.2, 0) is 17.5 Å². The Morgan fingerprint density at radius 2 is 2.08 bits per heavy atom. The number of aromatic nitrogens is 4. The molecule has 10 nitrogen and oxygen atoms in total. The second-order valence-corrected chi connectivity index (χ2v) is 9.47. The van der Waals surface area contributed by atoms with E-state index in [1.165, 1.54) is 26.2 Å². The summed E-state index contributed by atoms with van der Waals surface area (Å²) in [6, 6.07) is 2.84. The van der Waals surface area contributed by atoms with Crippen LogP contribution in [0.25, 0.3) is 11.3 Å². The van der Waals surface area contributed by atoms with Crippen molar-refractivity contribution in [2.24, 2.45) is 5.92 Å². The van der Waals surface area contributed by atoms with Gasteiger partial charge in [-0.1, -0.05) is 0 Å². The van der Waals surface area contributed by atoms with Crippen molar-refractivity contribution < 1.29 is 36.3 Å². The number of aromatic amines is 1. The predicted molar refractivity (Wildman–Crippen MR) is 122 cm³/mol. The van der Waals surface area contributed by atoms with E-state index in [-0.39, 0.29) is 46.9 Å². The highest BCUT2D eigenvalue weighted by Gasteiger charge is 2.54. The fourth-order valence-electron chi connectivity index (χ4n) is 4.92. The number of alkyl halides is 3. The molecule has 5 rings (SSSR count). The first-order valence-corrected chi connectivity index (χ1v) is 11.9. The number of H-pyrrole nitrogens is 1. The average Bonchev–Trinajstić information content (AvgIpc) is 3.28.